The van der Waals surface area contributed by atoms with Crippen LogP contribution in [0.1, 0.15) is 0 Å². The number of ether oxygens (including phenoxy) is 1. The van der Waals surface area contributed by atoms with Crippen molar-refractivity contribution in [3.63, 3.8) is 0 Å². The van der Waals surface area contributed by atoms with Gasteiger partial charge in [0.05, 0.1) is 4.70 Å². The maximum absolute atomic E-state index is 6.01. The third kappa shape index (κ3) is 2.15. The van der Waals surface area contributed by atoms with Crippen LogP contribution >= 0.6 is 11.3 Å². The van der Waals surface area contributed by atoms with Gasteiger partial charge in [-0.1, -0.05) is 73.3 Å². The van der Waals surface area contributed by atoms with E-state index >= 15 is 0 Å². The Bertz CT molecular complexity index is 1260. The fourth-order valence-corrected chi connectivity index (χ4v) is 4.90. The molecule has 0 N–H and O–H groups in total. The van der Waals surface area contributed by atoms with Crippen LogP contribution in [0.4, 0.5) is 0 Å². The summed E-state index contributed by atoms with van der Waals surface area (Å²) in [5.41, 5.74) is 0. The highest BCUT2D eigenvalue weighted by atomic mass is 32.1. The number of rotatable bonds is 3. The highest BCUT2D eigenvalue weighted by molar-refractivity contribution is 7.27. The minimum absolute atomic E-state index is 0.516. The van der Waals surface area contributed by atoms with Gasteiger partial charge in [0.1, 0.15) is 12.4 Å². The molecule has 5 rings (SSSR count). The second kappa shape index (κ2) is 5.61. The molecular weight excluding hydrogens is 324 g/mol. The summed E-state index contributed by atoms with van der Waals surface area (Å²) in [5, 5.41) is 7.67. The molecule has 25 heavy (non-hydrogen) atoms. The average molecular weight is 340 g/mol. The van der Waals surface area contributed by atoms with Crippen molar-refractivity contribution in [2.75, 3.05) is 6.61 Å². The Kier molecular flexibility index (Phi) is 3.25. The molecule has 1 aromatic heterocycles. The van der Waals surface area contributed by atoms with E-state index in [-0.39, 0.29) is 0 Å². The number of thiophene rings is 1. The summed E-state index contributed by atoms with van der Waals surface area (Å²) in [4.78, 5) is 0. The van der Waals surface area contributed by atoms with Crippen LogP contribution in [0, 0.1) is 0 Å². The Hall–Kier alpha value is -2.84. The molecule has 2 heteroatoms. The molecule has 0 unspecified atom stereocenters. The molecule has 0 atom stereocenters. The monoisotopic (exact) mass is 340 g/mol. The van der Waals surface area contributed by atoms with Gasteiger partial charge in [-0.2, -0.15) is 0 Å². The van der Waals surface area contributed by atoms with Crippen molar-refractivity contribution in [3.05, 3.63) is 79.4 Å². The lowest BCUT2D eigenvalue weighted by Gasteiger charge is -2.08. The molecule has 0 bridgehead atoms. The van der Waals surface area contributed by atoms with E-state index in [1.165, 1.54) is 41.7 Å². The normalized spacial score (nSPS) is 11.5. The summed E-state index contributed by atoms with van der Waals surface area (Å²) in [7, 11) is 0. The first kappa shape index (κ1) is 14.5. The first-order valence-electron chi connectivity index (χ1n) is 8.36. The lowest BCUT2D eigenvalue weighted by atomic mass is 10.0. The highest BCUT2D eigenvalue weighted by Gasteiger charge is 2.15. The van der Waals surface area contributed by atoms with Crippen molar-refractivity contribution < 1.29 is 4.74 Å². The van der Waals surface area contributed by atoms with E-state index < -0.39 is 0 Å². The Morgan fingerprint density at radius 3 is 2.40 bits per heavy atom. The van der Waals surface area contributed by atoms with Crippen LogP contribution < -0.4 is 4.74 Å². The smallest absolute Gasteiger partial charge is 0.138 e. The third-order valence-corrected chi connectivity index (χ3v) is 5.93. The van der Waals surface area contributed by atoms with Crippen LogP contribution in [0.3, 0.4) is 0 Å². The molecule has 0 fully saturated rings. The van der Waals surface area contributed by atoms with Gasteiger partial charge in [-0.3, -0.25) is 0 Å². The fraction of sp³-hybridized carbons (Fsp3) is 0.0435. The highest BCUT2D eigenvalue weighted by Crippen LogP contribution is 2.45. The summed E-state index contributed by atoms with van der Waals surface area (Å²) >= 11 is 1.82. The second-order valence-electron chi connectivity index (χ2n) is 6.17. The van der Waals surface area contributed by atoms with Gasteiger partial charge in [-0.05, 0) is 27.6 Å². The molecule has 5 aromatic rings. The predicted molar refractivity (Wildman–Crippen MR) is 110 cm³/mol. The minimum atomic E-state index is 0.516. The van der Waals surface area contributed by atoms with Crippen LogP contribution in [0.2, 0.25) is 0 Å². The van der Waals surface area contributed by atoms with Gasteiger partial charge in [-0.15, -0.1) is 11.3 Å². The van der Waals surface area contributed by atoms with Crippen LogP contribution in [0.25, 0.3) is 41.7 Å². The maximum Gasteiger partial charge on any atom is 0.138 e. The largest absolute Gasteiger partial charge is 0.488 e. The van der Waals surface area contributed by atoms with Crippen LogP contribution in [0.15, 0.2) is 79.4 Å². The Morgan fingerprint density at radius 1 is 0.800 bits per heavy atom. The van der Waals surface area contributed by atoms with E-state index in [1.807, 2.05) is 11.3 Å². The lowest BCUT2D eigenvalue weighted by molar-refractivity contribution is 0.368. The Balaban J connectivity index is 2.00. The second-order valence-corrected chi connectivity index (χ2v) is 7.19. The van der Waals surface area contributed by atoms with Crippen LogP contribution in [0.5, 0.6) is 5.75 Å². The SMILES string of the molecule is C=CCOc1cc2ccccc2c2c1sc1c3ccccc3ccc12. The van der Waals surface area contributed by atoms with Gasteiger partial charge in [0.25, 0.3) is 0 Å². The molecule has 0 radical (unpaired) electrons. The van der Waals surface area contributed by atoms with Gasteiger partial charge < -0.3 is 4.74 Å². The lowest BCUT2D eigenvalue weighted by Crippen LogP contribution is -1.92. The zero-order chi connectivity index (χ0) is 16.8. The van der Waals surface area contributed by atoms with Gasteiger partial charge in [0.2, 0.25) is 0 Å². The van der Waals surface area contributed by atoms with Crippen molar-refractivity contribution >= 4 is 53.1 Å². The maximum atomic E-state index is 6.01. The van der Waals surface area contributed by atoms with Crippen molar-refractivity contribution in [3.8, 4) is 5.75 Å². The van der Waals surface area contributed by atoms with E-state index in [4.69, 9.17) is 4.74 Å². The van der Waals surface area contributed by atoms with E-state index in [0.29, 0.717) is 6.61 Å². The van der Waals surface area contributed by atoms with Crippen LogP contribution in [-0.2, 0) is 0 Å². The molecule has 0 saturated heterocycles. The summed E-state index contributed by atoms with van der Waals surface area (Å²) in [5.74, 6) is 0.943. The summed E-state index contributed by atoms with van der Waals surface area (Å²) < 4.78 is 8.55. The Labute approximate surface area is 149 Å². The third-order valence-electron chi connectivity index (χ3n) is 4.68. The molecule has 0 saturated carbocycles. The van der Waals surface area contributed by atoms with Gasteiger partial charge in [0.15, 0.2) is 0 Å². The van der Waals surface area contributed by atoms with E-state index in [0.717, 1.165) is 5.75 Å². The number of hydrogen-bond acceptors (Lipinski definition) is 2. The Morgan fingerprint density at radius 2 is 1.56 bits per heavy atom. The molecule has 1 heterocycles. The van der Waals surface area contributed by atoms with Crippen molar-refractivity contribution in [2.45, 2.75) is 0 Å². The van der Waals surface area contributed by atoms with E-state index in [1.54, 1.807) is 6.08 Å². The molecule has 1 nitrogen and oxygen atoms in total. The molecule has 0 spiro atoms. The first-order valence-corrected chi connectivity index (χ1v) is 9.18. The number of fused-ring (bicyclic) bond motifs is 7. The van der Waals surface area contributed by atoms with Crippen LogP contribution in [-0.4, -0.2) is 6.61 Å². The summed E-state index contributed by atoms with van der Waals surface area (Å²) in [6, 6.07) is 23.7. The first-order chi connectivity index (χ1) is 12.4. The van der Waals surface area contributed by atoms with Gasteiger partial charge in [0, 0.05) is 15.5 Å². The van der Waals surface area contributed by atoms with E-state index in [9.17, 15) is 0 Å². The molecular formula is C23H16OS. The number of benzene rings is 4. The topological polar surface area (TPSA) is 9.23 Å². The minimum Gasteiger partial charge on any atom is -0.488 e. The standard InChI is InChI=1S/C23H16OS/c1-2-13-24-20-14-16-8-4-5-9-17(16)21-19-12-11-15-7-3-6-10-18(15)22(19)25-23(20)21/h2-12,14H,1,13H2. The summed E-state index contributed by atoms with van der Waals surface area (Å²) in [6.45, 7) is 4.30. The quantitative estimate of drug-likeness (QED) is 0.324. The van der Waals surface area contributed by atoms with Crippen molar-refractivity contribution in [1.29, 1.82) is 0 Å². The van der Waals surface area contributed by atoms with Crippen molar-refractivity contribution in [2.24, 2.45) is 0 Å². The van der Waals surface area contributed by atoms with Gasteiger partial charge in [-0.25, -0.2) is 0 Å². The zero-order valence-corrected chi connectivity index (χ0v) is 14.5. The molecule has 0 aliphatic carbocycles. The summed E-state index contributed by atoms with van der Waals surface area (Å²) in [6.07, 6.45) is 1.80. The molecule has 0 aliphatic rings. The van der Waals surface area contributed by atoms with Crippen molar-refractivity contribution in [1.82, 2.24) is 0 Å². The molecule has 0 amide bonds. The molecule has 120 valence electrons. The predicted octanol–water partition coefficient (Wildman–Crippen LogP) is 6.93. The fourth-order valence-electron chi connectivity index (χ4n) is 3.58. The van der Waals surface area contributed by atoms with Gasteiger partial charge >= 0.3 is 0 Å². The zero-order valence-electron chi connectivity index (χ0n) is 13.7. The molecule has 4 aromatic carbocycles. The average Bonchev–Trinajstić information content (AvgIpc) is 3.06. The molecule has 0 aliphatic heterocycles. The number of hydrogen-bond donors (Lipinski definition) is 0. The van der Waals surface area contributed by atoms with E-state index in [2.05, 4.69) is 73.3 Å².